The van der Waals surface area contributed by atoms with Crippen LogP contribution in [0.25, 0.3) is 0 Å². The van der Waals surface area contributed by atoms with Crippen LogP contribution in [0.5, 0.6) is 0 Å². The molecule has 2 atom stereocenters. The van der Waals surface area contributed by atoms with E-state index in [-0.39, 0.29) is 11.4 Å². The topological polar surface area (TPSA) is 29.1 Å². The summed E-state index contributed by atoms with van der Waals surface area (Å²) in [6.45, 7) is 4.88. The molecule has 4 heteroatoms. The molecule has 4 saturated carbocycles. The summed E-state index contributed by atoms with van der Waals surface area (Å²) in [5.74, 6) is 0.928. The first-order chi connectivity index (χ1) is 9.79. The molecule has 4 aliphatic rings. The van der Waals surface area contributed by atoms with Crippen molar-refractivity contribution in [2.45, 2.75) is 57.9 Å². The molecule has 0 saturated heterocycles. The summed E-state index contributed by atoms with van der Waals surface area (Å²) in [6.07, 6.45) is 7.61. The van der Waals surface area contributed by atoms with Crippen LogP contribution in [-0.4, -0.2) is 11.4 Å². The fourth-order valence-electron chi connectivity index (χ4n) is 6.33. The van der Waals surface area contributed by atoms with Crippen molar-refractivity contribution in [3.05, 3.63) is 20.8 Å². The van der Waals surface area contributed by atoms with Crippen molar-refractivity contribution in [2.24, 2.45) is 16.7 Å². The van der Waals surface area contributed by atoms with Crippen LogP contribution < -0.4 is 5.32 Å². The van der Waals surface area contributed by atoms with Gasteiger partial charge in [-0.2, -0.15) is 0 Å². The molecule has 1 heterocycles. The summed E-state index contributed by atoms with van der Waals surface area (Å²) in [5.41, 5.74) is 1.74. The predicted octanol–water partition coefficient (Wildman–Crippen LogP) is 4.99. The van der Waals surface area contributed by atoms with E-state index in [1.54, 1.807) is 11.3 Å². The fraction of sp³-hybridized carbons (Fsp3) is 0.706. The van der Waals surface area contributed by atoms with E-state index in [4.69, 9.17) is 0 Å². The van der Waals surface area contributed by atoms with Gasteiger partial charge in [-0.25, -0.2) is 0 Å². The zero-order chi connectivity index (χ0) is 14.9. The maximum absolute atomic E-state index is 12.6. The van der Waals surface area contributed by atoms with E-state index < -0.39 is 0 Å². The van der Waals surface area contributed by atoms with Crippen molar-refractivity contribution >= 4 is 33.2 Å². The van der Waals surface area contributed by atoms with E-state index in [1.165, 1.54) is 38.5 Å². The first-order valence-corrected chi connectivity index (χ1v) is 9.53. The highest BCUT2D eigenvalue weighted by Crippen LogP contribution is 2.66. The van der Waals surface area contributed by atoms with Gasteiger partial charge in [-0.1, -0.05) is 13.8 Å². The van der Waals surface area contributed by atoms with Crippen molar-refractivity contribution < 1.29 is 4.79 Å². The highest BCUT2D eigenvalue weighted by Gasteiger charge is 2.60. The van der Waals surface area contributed by atoms with Crippen LogP contribution in [0.4, 0.5) is 0 Å². The molecule has 2 unspecified atom stereocenters. The van der Waals surface area contributed by atoms with Crippen LogP contribution in [0.3, 0.4) is 0 Å². The SMILES string of the molecule is CC12CC3CC(C)(C1)CC(NC(=O)c1csc(Br)c1)(C3)C2. The van der Waals surface area contributed by atoms with Gasteiger partial charge in [0.05, 0.1) is 9.35 Å². The minimum atomic E-state index is 0.0500. The molecular weight excluding hydrogens is 346 g/mol. The maximum Gasteiger partial charge on any atom is 0.252 e. The average Bonchev–Trinajstić information content (AvgIpc) is 2.70. The van der Waals surface area contributed by atoms with E-state index in [9.17, 15) is 4.79 Å². The molecule has 1 aromatic rings. The maximum atomic E-state index is 12.6. The molecule has 1 N–H and O–H groups in total. The molecule has 21 heavy (non-hydrogen) atoms. The van der Waals surface area contributed by atoms with Gasteiger partial charge in [0.15, 0.2) is 0 Å². The number of amides is 1. The van der Waals surface area contributed by atoms with Crippen molar-refractivity contribution in [3.8, 4) is 0 Å². The van der Waals surface area contributed by atoms with E-state index in [0.29, 0.717) is 10.8 Å². The van der Waals surface area contributed by atoms with Gasteiger partial charge in [0, 0.05) is 10.9 Å². The van der Waals surface area contributed by atoms with Crippen molar-refractivity contribution in [1.82, 2.24) is 5.32 Å². The van der Waals surface area contributed by atoms with Gasteiger partial charge in [-0.05, 0) is 77.3 Å². The lowest BCUT2D eigenvalue weighted by molar-refractivity contribution is -0.114. The van der Waals surface area contributed by atoms with Gasteiger partial charge in [0.2, 0.25) is 0 Å². The van der Waals surface area contributed by atoms with E-state index >= 15 is 0 Å². The molecule has 4 bridgehead atoms. The third kappa shape index (κ3) is 2.39. The van der Waals surface area contributed by atoms with E-state index in [2.05, 4.69) is 35.1 Å². The monoisotopic (exact) mass is 367 g/mol. The molecule has 1 aromatic heterocycles. The largest absolute Gasteiger partial charge is 0.347 e. The third-order valence-corrected chi connectivity index (χ3v) is 7.34. The zero-order valence-corrected chi connectivity index (χ0v) is 15.1. The standard InChI is InChI=1S/C17H22BrNOS/c1-15-4-11-5-16(2,8-15)10-17(6-11,9-15)19-14(20)12-3-13(18)21-7-12/h3,7,11H,4-6,8-10H2,1-2H3,(H,19,20). The van der Waals surface area contributed by atoms with Crippen LogP contribution in [0, 0.1) is 16.7 Å². The Balaban J connectivity index is 1.61. The predicted molar refractivity (Wildman–Crippen MR) is 89.6 cm³/mol. The number of halogens is 1. The second kappa shape index (κ2) is 4.35. The molecule has 0 spiro atoms. The van der Waals surface area contributed by atoms with Gasteiger partial charge < -0.3 is 5.32 Å². The molecule has 1 amide bonds. The van der Waals surface area contributed by atoms with Crippen LogP contribution in [0.15, 0.2) is 15.2 Å². The second-order valence-corrected chi connectivity index (χ2v) is 10.8. The van der Waals surface area contributed by atoms with Crippen LogP contribution in [0.2, 0.25) is 0 Å². The highest BCUT2D eigenvalue weighted by atomic mass is 79.9. The Morgan fingerprint density at radius 3 is 2.43 bits per heavy atom. The molecule has 0 radical (unpaired) electrons. The Labute approximate surface area is 138 Å². The number of thiophene rings is 1. The molecule has 4 fully saturated rings. The molecule has 5 rings (SSSR count). The summed E-state index contributed by atoms with van der Waals surface area (Å²) < 4.78 is 1.03. The van der Waals surface area contributed by atoms with Crippen molar-refractivity contribution in [2.75, 3.05) is 0 Å². The second-order valence-electron chi connectivity index (χ2n) is 8.50. The van der Waals surface area contributed by atoms with Gasteiger partial charge in [0.25, 0.3) is 5.91 Å². The Bertz CT molecular complexity index is 592. The normalized spacial score (nSPS) is 44.0. The number of hydrogen-bond acceptors (Lipinski definition) is 2. The van der Waals surface area contributed by atoms with Crippen molar-refractivity contribution in [1.29, 1.82) is 0 Å². The number of carbonyl (C=O) groups is 1. The molecule has 0 aliphatic heterocycles. The minimum Gasteiger partial charge on any atom is -0.347 e. The number of hydrogen-bond donors (Lipinski definition) is 1. The Hall–Kier alpha value is -0.350. The molecular formula is C17H22BrNOS. The lowest BCUT2D eigenvalue weighted by Gasteiger charge is -2.65. The average molecular weight is 368 g/mol. The number of nitrogens with one attached hydrogen (secondary N) is 1. The summed E-state index contributed by atoms with van der Waals surface area (Å²) in [5, 5.41) is 5.40. The molecule has 2 nitrogen and oxygen atoms in total. The van der Waals surface area contributed by atoms with Crippen LogP contribution in [-0.2, 0) is 0 Å². The quantitative estimate of drug-likeness (QED) is 0.783. The number of rotatable bonds is 2. The van der Waals surface area contributed by atoms with Gasteiger partial charge >= 0.3 is 0 Å². The Kier molecular flexibility index (Phi) is 2.95. The first kappa shape index (κ1) is 14.3. The molecule has 0 aromatic carbocycles. The summed E-state index contributed by atoms with van der Waals surface area (Å²) in [4.78, 5) is 12.6. The third-order valence-electron chi connectivity index (χ3n) is 5.83. The van der Waals surface area contributed by atoms with Crippen LogP contribution in [0.1, 0.15) is 62.7 Å². The minimum absolute atomic E-state index is 0.0500. The van der Waals surface area contributed by atoms with Gasteiger partial charge in [-0.15, -0.1) is 11.3 Å². The summed E-state index contributed by atoms with van der Waals surface area (Å²) >= 11 is 5.03. The lowest BCUT2D eigenvalue weighted by atomic mass is 9.43. The van der Waals surface area contributed by atoms with Crippen LogP contribution >= 0.6 is 27.3 Å². The fourth-order valence-corrected chi connectivity index (χ4v) is 7.47. The Morgan fingerprint density at radius 2 is 1.90 bits per heavy atom. The van der Waals surface area contributed by atoms with E-state index in [0.717, 1.165) is 15.3 Å². The smallest absolute Gasteiger partial charge is 0.252 e. The summed E-state index contributed by atoms with van der Waals surface area (Å²) in [7, 11) is 0. The molecule has 114 valence electrons. The molecule has 4 aliphatic carbocycles. The first-order valence-electron chi connectivity index (χ1n) is 7.86. The van der Waals surface area contributed by atoms with Crippen molar-refractivity contribution in [3.63, 3.8) is 0 Å². The lowest BCUT2D eigenvalue weighted by Crippen LogP contribution is -2.65. The summed E-state index contributed by atoms with van der Waals surface area (Å²) in [6, 6.07) is 1.93. The van der Waals surface area contributed by atoms with Gasteiger partial charge in [-0.3, -0.25) is 4.79 Å². The zero-order valence-electron chi connectivity index (χ0n) is 12.7. The van der Waals surface area contributed by atoms with E-state index in [1.807, 2.05) is 11.4 Å². The highest BCUT2D eigenvalue weighted by molar-refractivity contribution is 9.11. The number of carbonyl (C=O) groups excluding carboxylic acids is 1. The van der Waals surface area contributed by atoms with Gasteiger partial charge in [0.1, 0.15) is 0 Å². The Morgan fingerprint density at radius 1 is 1.24 bits per heavy atom.